The summed E-state index contributed by atoms with van der Waals surface area (Å²) in [5.41, 5.74) is 5.28. The van der Waals surface area contributed by atoms with E-state index in [4.69, 9.17) is 10.5 Å². The van der Waals surface area contributed by atoms with Crippen molar-refractivity contribution in [3.8, 4) is 5.75 Å². The number of para-hydroxylation sites is 1. The van der Waals surface area contributed by atoms with Crippen LogP contribution in [0.5, 0.6) is 5.75 Å². The number of hydrogen-bond acceptors (Lipinski definition) is 4. The van der Waals surface area contributed by atoms with Crippen LogP contribution in [0.4, 0.5) is 8.78 Å². The first kappa shape index (κ1) is 15.3. The van der Waals surface area contributed by atoms with Gasteiger partial charge in [0.05, 0.1) is 18.8 Å². The predicted octanol–water partition coefficient (Wildman–Crippen LogP) is 0.993. The van der Waals surface area contributed by atoms with E-state index < -0.39 is 12.5 Å². The molecule has 0 saturated carbocycles. The Balaban J connectivity index is 2.51. The Morgan fingerprint density at radius 3 is 2.74 bits per heavy atom. The Hall–Kier alpha value is -1.73. The molecule has 0 aliphatic carbocycles. The average Bonchev–Trinajstić information content (AvgIpc) is 2.38. The molecule has 1 aromatic rings. The summed E-state index contributed by atoms with van der Waals surface area (Å²) in [7, 11) is 0. The summed E-state index contributed by atoms with van der Waals surface area (Å²) < 4.78 is 33.7. The minimum atomic E-state index is -2.97. The van der Waals surface area contributed by atoms with E-state index in [0.29, 0.717) is 19.8 Å². The Bertz CT molecular complexity index is 402. The normalized spacial score (nSPS) is 10.5. The second kappa shape index (κ2) is 8.39. The first-order valence-electron chi connectivity index (χ1n) is 5.75. The van der Waals surface area contributed by atoms with Crippen LogP contribution in [-0.2, 0) is 4.74 Å². The van der Waals surface area contributed by atoms with E-state index >= 15 is 0 Å². The number of halogens is 2. The predicted molar refractivity (Wildman–Crippen MR) is 65.3 cm³/mol. The monoisotopic (exact) mass is 274 g/mol. The van der Waals surface area contributed by atoms with Crippen LogP contribution < -0.4 is 15.8 Å². The van der Waals surface area contributed by atoms with Crippen molar-refractivity contribution in [1.29, 1.82) is 0 Å². The summed E-state index contributed by atoms with van der Waals surface area (Å²) in [6.45, 7) is -1.59. The quantitative estimate of drug-likeness (QED) is 0.693. The number of benzene rings is 1. The smallest absolute Gasteiger partial charge is 0.387 e. The molecule has 5 nitrogen and oxygen atoms in total. The van der Waals surface area contributed by atoms with Gasteiger partial charge in [0.2, 0.25) is 0 Å². The number of amides is 1. The van der Waals surface area contributed by atoms with Gasteiger partial charge in [-0.3, -0.25) is 4.79 Å². The van der Waals surface area contributed by atoms with Crippen molar-refractivity contribution in [2.45, 2.75) is 6.61 Å². The molecule has 3 N–H and O–H groups in total. The molecule has 1 rings (SSSR count). The lowest BCUT2D eigenvalue weighted by atomic mass is 10.2. The average molecular weight is 274 g/mol. The maximum absolute atomic E-state index is 12.2. The summed E-state index contributed by atoms with van der Waals surface area (Å²) in [6.07, 6.45) is 0. The molecule has 0 saturated heterocycles. The van der Waals surface area contributed by atoms with Crippen LogP contribution >= 0.6 is 0 Å². The van der Waals surface area contributed by atoms with Gasteiger partial charge < -0.3 is 20.5 Å². The zero-order chi connectivity index (χ0) is 14.1. The third-order valence-corrected chi connectivity index (χ3v) is 2.14. The molecule has 1 amide bonds. The van der Waals surface area contributed by atoms with Gasteiger partial charge in [-0.2, -0.15) is 8.78 Å². The van der Waals surface area contributed by atoms with E-state index in [0.717, 1.165) is 0 Å². The number of ether oxygens (including phenoxy) is 2. The Kier molecular flexibility index (Phi) is 6.76. The number of nitrogens with two attached hydrogens (primary N) is 1. The van der Waals surface area contributed by atoms with Crippen LogP contribution in [-0.4, -0.2) is 38.8 Å². The first-order valence-corrected chi connectivity index (χ1v) is 5.75. The van der Waals surface area contributed by atoms with Crippen molar-refractivity contribution >= 4 is 5.91 Å². The largest absolute Gasteiger partial charge is 0.434 e. The molecule has 0 aliphatic heterocycles. The molecule has 0 atom stereocenters. The molecule has 0 spiro atoms. The molecule has 0 unspecified atom stereocenters. The zero-order valence-corrected chi connectivity index (χ0v) is 10.3. The standard InChI is InChI=1S/C12H16F2N2O3/c13-12(14)19-10-4-2-1-3-9(10)11(17)16-6-8-18-7-5-15/h1-4,12H,5-8,15H2,(H,16,17). The van der Waals surface area contributed by atoms with Gasteiger partial charge in [0.25, 0.3) is 5.91 Å². The van der Waals surface area contributed by atoms with Crippen LogP contribution in [0.1, 0.15) is 10.4 Å². The maximum Gasteiger partial charge on any atom is 0.387 e. The molecule has 0 aliphatic rings. The number of carbonyl (C=O) groups is 1. The highest BCUT2D eigenvalue weighted by atomic mass is 19.3. The Morgan fingerprint density at radius 1 is 1.32 bits per heavy atom. The molecule has 1 aromatic carbocycles. The molecule has 0 heterocycles. The summed E-state index contributed by atoms with van der Waals surface area (Å²) in [4.78, 5) is 11.8. The number of alkyl halides is 2. The third kappa shape index (κ3) is 5.62. The van der Waals surface area contributed by atoms with E-state index in [-0.39, 0.29) is 17.9 Å². The van der Waals surface area contributed by atoms with E-state index in [1.807, 2.05) is 0 Å². The lowest BCUT2D eigenvalue weighted by molar-refractivity contribution is -0.0501. The minimum absolute atomic E-state index is 0.0571. The summed E-state index contributed by atoms with van der Waals surface area (Å²) in [6, 6.07) is 5.80. The summed E-state index contributed by atoms with van der Waals surface area (Å²) in [5, 5.41) is 2.54. The summed E-state index contributed by atoms with van der Waals surface area (Å²) in [5.74, 6) is -0.648. The highest BCUT2D eigenvalue weighted by molar-refractivity contribution is 5.96. The molecule has 7 heteroatoms. The van der Waals surface area contributed by atoms with Crippen LogP contribution in [0.15, 0.2) is 24.3 Å². The van der Waals surface area contributed by atoms with Crippen molar-refractivity contribution in [2.24, 2.45) is 5.73 Å². The lowest BCUT2D eigenvalue weighted by Gasteiger charge is -2.10. The van der Waals surface area contributed by atoms with Crippen LogP contribution in [0.25, 0.3) is 0 Å². The molecule has 0 bridgehead atoms. The summed E-state index contributed by atoms with van der Waals surface area (Å²) >= 11 is 0. The Labute approximate surface area is 109 Å². The van der Waals surface area contributed by atoms with Crippen molar-refractivity contribution in [3.05, 3.63) is 29.8 Å². The van der Waals surface area contributed by atoms with Gasteiger partial charge >= 0.3 is 6.61 Å². The van der Waals surface area contributed by atoms with E-state index in [2.05, 4.69) is 10.1 Å². The second-order valence-corrected chi connectivity index (χ2v) is 3.53. The van der Waals surface area contributed by atoms with Crippen molar-refractivity contribution in [3.63, 3.8) is 0 Å². The molecular weight excluding hydrogens is 258 g/mol. The second-order valence-electron chi connectivity index (χ2n) is 3.53. The van der Waals surface area contributed by atoms with Crippen LogP contribution in [0.2, 0.25) is 0 Å². The van der Waals surface area contributed by atoms with Crippen molar-refractivity contribution in [1.82, 2.24) is 5.32 Å². The number of carbonyl (C=O) groups excluding carboxylic acids is 1. The molecule has 0 fully saturated rings. The van der Waals surface area contributed by atoms with Crippen molar-refractivity contribution < 1.29 is 23.0 Å². The molecule has 0 aromatic heterocycles. The number of rotatable bonds is 8. The van der Waals surface area contributed by atoms with Crippen molar-refractivity contribution in [2.75, 3.05) is 26.3 Å². The fourth-order valence-corrected chi connectivity index (χ4v) is 1.37. The van der Waals surface area contributed by atoms with Gasteiger partial charge in [0, 0.05) is 13.1 Å². The minimum Gasteiger partial charge on any atom is -0.434 e. The zero-order valence-electron chi connectivity index (χ0n) is 10.3. The topological polar surface area (TPSA) is 73.6 Å². The molecule has 19 heavy (non-hydrogen) atoms. The first-order chi connectivity index (χ1) is 9.15. The van der Waals surface area contributed by atoms with Gasteiger partial charge in [0.15, 0.2) is 0 Å². The maximum atomic E-state index is 12.2. The fraction of sp³-hybridized carbons (Fsp3) is 0.417. The van der Waals surface area contributed by atoms with Gasteiger partial charge in [-0.1, -0.05) is 12.1 Å². The van der Waals surface area contributed by atoms with Gasteiger partial charge in [-0.05, 0) is 12.1 Å². The van der Waals surface area contributed by atoms with E-state index in [1.165, 1.54) is 18.2 Å². The molecular formula is C12H16F2N2O3. The van der Waals surface area contributed by atoms with E-state index in [1.54, 1.807) is 6.07 Å². The van der Waals surface area contributed by atoms with Gasteiger partial charge in [0.1, 0.15) is 5.75 Å². The highest BCUT2D eigenvalue weighted by Gasteiger charge is 2.14. The molecule has 106 valence electrons. The Morgan fingerprint density at radius 2 is 2.05 bits per heavy atom. The highest BCUT2D eigenvalue weighted by Crippen LogP contribution is 2.19. The fourth-order valence-electron chi connectivity index (χ4n) is 1.37. The number of hydrogen-bond donors (Lipinski definition) is 2. The van der Waals surface area contributed by atoms with Crippen LogP contribution in [0.3, 0.4) is 0 Å². The lowest BCUT2D eigenvalue weighted by Crippen LogP contribution is -2.28. The van der Waals surface area contributed by atoms with Gasteiger partial charge in [-0.15, -0.1) is 0 Å². The third-order valence-electron chi connectivity index (χ3n) is 2.14. The van der Waals surface area contributed by atoms with Gasteiger partial charge in [-0.25, -0.2) is 0 Å². The van der Waals surface area contributed by atoms with Crippen LogP contribution in [0, 0.1) is 0 Å². The SMILES string of the molecule is NCCOCCNC(=O)c1ccccc1OC(F)F. The number of nitrogens with one attached hydrogen (secondary N) is 1. The van der Waals surface area contributed by atoms with E-state index in [9.17, 15) is 13.6 Å². The molecule has 0 radical (unpaired) electrons.